The summed E-state index contributed by atoms with van der Waals surface area (Å²) in [4.78, 5) is 30.1. The van der Waals surface area contributed by atoms with Crippen molar-refractivity contribution >= 4 is 44.4 Å². The fourth-order valence-electron chi connectivity index (χ4n) is 4.99. The van der Waals surface area contributed by atoms with E-state index in [4.69, 9.17) is 18.9 Å². The number of nitrogens with one attached hydrogen (secondary N) is 1. The predicted molar refractivity (Wildman–Crippen MR) is 157 cm³/mol. The normalized spacial score (nSPS) is 17.8. The molecular formula is C30H26F3N5O5S. The van der Waals surface area contributed by atoms with Gasteiger partial charge in [0.15, 0.2) is 11.6 Å². The minimum atomic E-state index is -3.07. The molecule has 2 atom stereocenters. The Morgan fingerprint density at radius 3 is 2.57 bits per heavy atom. The number of hydrogen-bond donors (Lipinski definition) is 1. The Hall–Kier alpha value is -4.72. The van der Waals surface area contributed by atoms with E-state index in [-0.39, 0.29) is 12.2 Å². The second kappa shape index (κ2) is 11.8. The van der Waals surface area contributed by atoms with E-state index in [0.29, 0.717) is 49.3 Å². The maximum absolute atomic E-state index is 15.3. The number of methoxy groups -OCH3 is 2. The van der Waals surface area contributed by atoms with Crippen LogP contribution in [0.2, 0.25) is 0 Å². The molecule has 6 rings (SSSR count). The molecule has 228 valence electrons. The van der Waals surface area contributed by atoms with Crippen molar-refractivity contribution in [1.82, 2.24) is 19.9 Å². The smallest absolute Gasteiger partial charge is 0.412 e. The monoisotopic (exact) mass is 625 g/mol. The summed E-state index contributed by atoms with van der Waals surface area (Å²) in [6, 6.07) is 9.49. The highest BCUT2D eigenvalue weighted by Crippen LogP contribution is 2.40. The fourth-order valence-corrected chi connectivity index (χ4v) is 5.98. The highest BCUT2D eigenvalue weighted by molar-refractivity contribution is 7.21. The summed E-state index contributed by atoms with van der Waals surface area (Å²) in [5.41, 5.74) is 3.52. The minimum Gasteiger partial charge on any atom is -0.483 e. The topological polar surface area (TPSA) is 118 Å². The van der Waals surface area contributed by atoms with E-state index in [1.807, 2.05) is 19.1 Å². The highest BCUT2D eigenvalue weighted by Gasteiger charge is 2.45. The lowest BCUT2D eigenvalue weighted by molar-refractivity contribution is -0.114. The van der Waals surface area contributed by atoms with Crippen molar-refractivity contribution in [2.75, 3.05) is 19.5 Å². The van der Waals surface area contributed by atoms with Gasteiger partial charge >= 0.3 is 6.09 Å². The van der Waals surface area contributed by atoms with E-state index >= 15 is 4.39 Å². The third-order valence-corrected chi connectivity index (χ3v) is 8.14. The molecule has 1 N–H and O–H groups in total. The number of thiazole rings is 1. The van der Waals surface area contributed by atoms with Gasteiger partial charge < -0.3 is 18.9 Å². The van der Waals surface area contributed by atoms with Crippen LogP contribution in [0.25, 0.3) is 31.8 Å². The summed E-state index contributed by atoms with van der Waals surface area (Å²) in [6.07, 6.45) is -1.80. The Morgan fingerprint density at radius 1 is 1.00 bits per heavy atom. The lowest BCUT2D eigenvalue weighted by atomic mass is 9.91. The number of ether oxygens (including phenoxy) is 4. The number of pyridine rings is 1. The van der Waals surface area contributed by atoms with Gasteiger partial charge in [0.05, 0.1) is 60.0 Å². The van der Waals surface area contributed by atoms with Gasteiger partial charge in [-0.05, 0) is 37.1 Å². The number of fused-ring (bicyclic) bond motifs is 2. The molecule has 14 heteroatoms. The zero-order valence-electron chi connectivity index (χ0n) is 23.8. The first kappa shape index (κ1) is 29.4. The lowest BCUT2D eigenvalue weighted by Crippen LogP contribution is -2.45. The third kappa shape index (κ3) is 6.16. The van der Waals surface area contributed by atoms with Crippen LogP contribution < -0.4 is 19.5 Å². The van der Waals surface area contributed by atoms with E-state index in [1.165, 1.54) is 50.1 Å². The van der Waals surface area contributed by atoms with Crippen molar-refractivity contribution in [3.63, 3.8) is 0 Å². The Kier molecular flexibility index (Phi) is 7.84. The Morgan fingerprint density at radius 2 is 1.82 bits per heavy atom. The summed E-state index contributed by atoms with van der Waals surface area (Å²) in [7, 11) is 2.96. The van der Waals surface area contributed by atoms with Crippen LogP contribution >= 0.6 is 11.3 Å². The molecule has 0 bridgehead atoms. The molecule has 1 aliphatic rings. The molecule has 3 heterocycles. The number of amides is 1. The van der Waals surface area contributed by atoms with Crippen LogP contribution in [0.4, 0.5) is 23.7 Å². The summed E-state index contributed by atoms with van der Waals surface area (Å²) < 4.78 is 66.2. The van der Waals surface area contributed by atoms with Crippen LogP contribution in [-0.2, 0) is 4.74 Å². The number of nitrogens with zero attached hydrogens (tertiary/aromatic N) is 4. The van der Waals surface area contributed by atoms with Crippen molar-refractivity contribution in [1.29, 1.82) is 0 Å². The minimum absolute atomic E-state index is 0.174. The van der Waals surface area contributed by atoms with Gasteiger partial charge in [0.25, 0.3) is 5.92 Å². The molecule has 0 aliphatic heterocycles. The number of hydrogen-bond acceptors (Lipinski definition) is 10. The van der Waals surface area contributed by atoms with E-state index in [2.05, 4.69) is 25.3 Å². The molecule has 0 radical (unpaired) electrons. The summed E-state index contributed by atoms with van der Waals surface area (Å²) in [6.45, 7) is 1.91. The van der Waals surface area contributed by atoms with Crippen LogP contribution in [-0.4, -0.2) is 58.4 Å². The van der Waals surface area contributed by atoms with Crippen molar-refractivity contribution in [2.45, 2.75) is 44.3 Å². The summed E-state index contributed by atoms with van der Waals surface area (Å²) in [5.74, 6) is -3.39. The number of alkyl halides is 2. The van der Waals surface area contributed by atoms with Gasteiger partial charge in [-0.2, -0.15) is 0 Å². The third-order valence-electron chi connectivity index (χ3n) is 7.09. The molecule has 44 heavy (non-hydrogen) atoms. The highest BCUT2D eigenvalue weighted by atomic mass is 32.1. The molecular weight excluding hydrogens is 599 g/mol. The molecule has 0 saturated heterocycles. The van der Waals surface area contributed by atoms with Gasteiger partial charge in [-0.1, -0.05) is 0 Å². The van der Waals surface area contributed by atoms with Crippen molar-refractivity contribution in [2.24, 2.45) is 0 Å². The molecule has 10 nitrogen and oxygen atoms in total. The van der Waals surface area contributed by atoms with E-state index in [9.17, 15) is 13.6 Å². The van der Waals surface area contributed by atoms with Crippen LogP contribution in [0, 0.1) is 12.7 Å². The average molecular weight is 626 g/mol. The fraction of sp³-hybridized carbons (Fsp3) is 0.300. The van der Waals surface area contributed by atoms with Crippen LogP contribution in [0.5, 0.6) is 17.5 Å². The van der Waals surface area contributed by atoms with E-state index < -0.39 is 42.9 Å². The number of anilines is 1. The van der Waals surface area contributed by atoms with E-state index in [0.717, 1.165) is 5.56 Å². The molecule has 3 aromatic heterocycles. The largest absolute Gasteiger partial charge is 0.483 e. The molecule has 5 aromatic rings. The van der Waals surface area contributed by atoms with Crippen molar-refractivity contribution < 1.29 is 36.9 Å². The standard InChI is InChI=1S/C30H26F3N5O5S/c1-15-8-17(27-20(9-15)37-26(41-3)14-35-27)28-38-19-10-18(31)22(11-24(19)44-28)42-23-12-30(32,33)7-6-21(23)43-29(39)36-16-4-5-25(40-2)34-13-16/h4-5,8-11,13-14,21,23H,6-7,12H2,1-3H3,(H,36,39). The van der Waals surface area contributed by atoms with Gasteiger partial charge in [0.2, 0.25) is 11.8 Å². The first-order valence-corrected chi connectivity index (χ1v) is 14.4. The van der Waals surface area contributed by atoms with Crippen LogP contribution in [0.15, 0.2) is 48.8 Å². The van der Waals surface area contributed by atoms with Crippen molar-refractivity contribution in [3.8, 4) is 28.1 Å². The van der Waals surface area contributed by atoms with Gasteiger partial charge in [-0.25, -0.2) is 37.9 Å². The number of carbonyl (C=O) groups excluding carboxylic acids is 1. The Balaban J connectivity index is 1.25. The maximum Gasteiger partial charge on any atom is 0.412 e. The molecule has 2 unspecified atom stereocenters. The first-order valence-electron chi connectivity index (χ1n) is 13.5. The number of benzene rings is 2. The van der Waals surface area contributed by atoms with Gasteiger partial charge in [0.1, 0.15) is 17.2 Å². The zero-order valence-corrected chi connectivity index (χ0v) is 24.6. The zero-order chi connectivity index (χ0) is 31.0. The van der Waals surface area contributed by atoms with Crippen molar-refractivity contribution in [3.05, 3.63) is 60.2 Å². The molecule has 1 amide bonds. The average Bonchev–Trinajstić information content (AvgIpc) is 3.40. The Labute approximate surface area is 253 Å². The molecule has 1 aliphatic carbocycles. The molecule has 1 saturated carbocycles. The molecule has 2 aromatic carbocycles. The van der Waals surface area contributed by atoms with Crippen LogP contribution in [0.3, 0.4) is 0 Å². The number of aromatic nitrogens is 4. The number of aryl methyl sites for hydroxylation is 1. The van der Waals surface area contributed by atoms with Gasteiger partial charge in [-0.15, -0.1) is 11.3 Å². The van der Waals surface area contributed by atoms with Gasteiger partial charge in [-0.3, -0.25) is 5.32 Å². The maximum atomic E-state index is 15.3. The van der Waals surface area contributed by atoms with Gasteiger partial charge in [0, 0.05) is 30.2 Å². The Bertz CT molecular complexity index is 1850. The first-order chi connectivity index (χ1) is 21.1. The second-order valence-corrected chi connectivity index (χ2v) is 11.3. The summed E-state index contributed by atoms with van der Waals surface area (Å²) >= 11 is 1.27. The molecule has 1 fully saturated rings. The molecule has 0 spiro atoms. The lowest BCUT2D eigenvalue weighted by Gasteiger charge is -2.35. The number of rotatable bonds is 7. The number of halogens is 3. The second-order valence-electron chi connectivity index (χ2n) is 10.3. The van der Waals surface area contributed by atoms with E-state index in [1.54, 1.807) is 12.1 Å². The van der Waals surface area contributed by atoms with Crippen LogP contribution in [0.1, 0.15) is 24.8 Å². The quantitative estimate of drug-likeness (QED) is 0.205. The predicted octanol–water partition coefficient (Wildman–Crippen LogP) is 6.95. The summed E-state index contributed by atoms with van der Waals surface area (Å²) in [5, 5.41) is 3.07. The number of carbonyl (C=O) groups is 1. The SMILES string of the molecule is COc1ccc(NC(=O)OC2CCC(F)(F)CC2Oc2cc3sc(-c4cc(C)cc5nc(OC)cnc45)nc3cc2F)cn1.